The molecule has 6 nitrogen and oxygen atoms in total. The van der Waals surface area contributed by atoms with Crippen LogP contribution in [0.25, 0.3) is 0 Å². The number of carbonyl (C=O) groups is 2. The zero-order valence-corrected chi connectivity index (χ0v) is 16.9. The molecule has 1 aliphatic rings. The average Bonchev–Trinajstić information content (AvgIpc) is 3.17. The predicted molar refractivity (Wildman–Crippen MR) is 114 cm³/mol. The Labute approximate surface area is 177 Å². The highest BCUT2D eigenvalue weighted by atomic mass is 32.1. The summed E-state index contributed by atoms with van der Waals surface area (Å²) in [6.07, 6.45) is 2.73. The van der Waals surface area contributed by atoms with Gasteiger partial charge in [-0.1, -0.05) is 42.5 Å². The number of nitrogens with one attached hydrogen (secondary N) is 1. The summed E-state index contributed by atoms with van der Waals surface area (Å²) in [4.78, 5) is 29.9. The van der Waals surface area contributed by atoms with Crippen LogP contribution in [0.15, 0.2) is 65.9 Å². The van der Waals surface area contributed by atoms with Crippen LogP contribution in [0.5, 0.6) is 0 Å². The molecule has 0 radical (unpaired) electrons. The Kier molecular flexibility index (Phi) is 5.94. The normalized spacial score (nSPS) is 13.8. The van der Waals surface area contributed by atoms with E-state index in [4.69, 9.17) is 0 Å². The van der Waals surface area contributed by atoms with Crippen LogP contribution in [-0.2, 0) is 22.6 Å². The molecule has 0 unspecified atom stereocenters. The topological polar surface area (TPSA) is 74.7 Å². The lowest BCUT2D eigenvalue weighted by Gasteiger charge is -2.23. The maximum Gasteiger partial charge on any atom is 0.273 e. The van der Waals surface area contributed by atoms with E-state index in [2.05, 4.69) is 15.4 Å². The van der Waals surface area contributed by atoms with Gasteiger partial charge in [-0.2, -0.15) is 5.10 Å². The second-order valence-electron chi connectivity index (χ2n) is 6.88. The Balaban J connectivity index is 1.41. The molecule has 0 saturated carbocycles. The predicted octanol–water partition coefficient (Wildman–Crippen LogP) is 3.99. The molecule has 2 amide bonds. The summed E-state index contributed by atoms with van der Waals surface area (Å²) in [5, 5.41) is 8.80. The number of halogens is 1. The number of thiazole rings is 1. The second kappa shape index (κ2) is 8.96. The molecule has 2 heterocycles. The second-order valence-corrected chi connectivity index (χ2v) is 7.99. The van der Waals surface area contributed by atoms with Crippen LogP contribution in [0.4, 0.5) is 9.52 Å². The zero-order chi connectivity index (χ0) is 20.9. The molecule has 0 saturated heterocycles. The molecule has 0 aliphatic carbocycles. The first kappa shape index (κ1) is 19.9. The molecule has 1 aromatic heterocycles. The number of benzene rings is 2. The maximum atomic E-state index is 13.3. The number of rotatable bonds is 6. The van der Waals surface area contributed by atoms with Crippen molar-refractivity contribution < 1.29 is 14.0 Å². The molecular weight excluding hydrogens is 403 g/mol. The van der Waals surface area contributed by atoms with Gasteiger partial charge >= 0.3 is 0 Å². The molecule has 3 aromatic rings. The molecule has 152 valence electrons. The summed E-state index contributed by atoms with van der Waals surface area (Å²) in [6.45, 7) is 0.325. The van der Waals surface area contributed by atoms with E-state index in [9.17, 15) is 14.0 Å². The van der Waals surface area contributed by atoms with Gasteiger partial charge in [-0.3, -0.25) is 14.9 Å². The molecule has 0 atom stereocenters. The third-order valence-corrected chi connectivity index (χ3v) is 5.50. The van der Waals surface area contributed by atoms with E-state index < -0.39 is 0 Å². The van der Waals surface area contributed by atoms with Gasteiger partial charge in [0.15, 0.2) is 5.13 Å². The largest absolute Gasteiger partial charge is 0.297 e. The van der Waals surface area contributed by atoms with Crippen molar-refractivity contribution in [2.45, 2.75) is 25.8 Å². The fourth-order valence-electron chi connectivity index (χ4n) is 3.11. The molecule has 0 fully saturated rings. The highest BCUT2D eigenvalue weighted by Gasteiger charge is 2.25. The zero-order valence-electron chi connectivity index (χ0n) is 16.0. The number of hydrogen-bond acceptors (Lipinski definition) is 5. The number of hydrazone groups is 1. The van der Waals surface area contributed by atoms with Gasteiger partial charge in [0, 0.05) is 30.3 Å². The van der Waals surface area contributed by atoms with Crippen LogP contribution in [0.3, 0.4) is 0 Å². The van der Waals surface area contributed by atoms with Crippen LogP contribution in [0.2, 0.25) is 0 Å². The van der Waals surface area contributed by atoms with Crippen LogP contribution >= 0.6 is 11.3 Å². The summed E-state index contributed by atoms with van der Waals surface area (Å²) in [7, 11) is 0. The molecule has 0 spiro atoms. The molecule has 1 N–H and O–H groups in total. The third kappa shape index (κ3) is 4.96. The van der Waals surface area contributed by atoms with Crippen LogP contribution in [0, 0.1) is 5.82 Å². The van der Waals surface area contributed by atoms with E-state index in [-0.39, 0.29) is 30.5 Å². The van der Waals surface area contributed by atoms with Gasteiger partial charge in [-0.15, -0.1) is 11.3 Å². The summed E-state index contributed by atoms with van der Waals surface area (Å²) in [5.41, 5.74) is 2.08. The highest BCUT2D eigenvalue weighted by molar-refractivity contribution is 7.15. The van der Waals surface area contributed by atoms with Crippen molar-refractivity contribution in [3.63, 3.8) is 0 Å². The van der Waals surface area contributed by atoms with Gasteiger partial charge < -0.3 is 0 Å². The molecule has 1 aliphatic heterocycles. The molecule has 4 rings (SSSR count). The van der Waals surface area contributed by atoms with Crippen LogP contribution in [-0.4, -0.2) is 27.5 Å². The van der Waals surface area contributed by atoms with Gasteiger partial charge in [0.1, 0.15) is 11.5 Å². The van der Waals surface area contributed by atoms with E-state index >= 15 is 0 Å². The van der Waals surface area contributed by atoms with Crippen LogP contribution in [0.1, 0.15) is 28.8 Å². The highest BCUT2D eigenvalue weighted by Crippen LogP contribution is 2.22. The molecule has 30 heavy (non-hydrogen) atoms. The summed E-state index contributed by atoms with van der Waals surface area (Å²) >= 11 is 1.33. The lowest BCUT2D eigenvalue weighted by atomic mass is 10.1. The van der Waals surface area contributed by atoms with Crippen molar-refractivity contribution in [2.24, 2.45) is 5.10 Å². The van der Waals surface area contributed by atoms with Crippen molar-refractivity contribution in [1.29, 1.82) is 0 Å². The van der Waals surface area contributed by atoms with Crippen molar-refractivity contribution >= 4 is 34.0 Å². The first-order valence-corrected chi connectivity index (χ1v) is 10.3. The quantitative estimate of drug-likeness (QED) is 0.653. The minimum absolute atomic E-state index is 0.109. The Morgan fingerprint density at radius 3 is 2.70 bits per heavy atom. The average molecular weight is 422 g/mol. The van der Waals surface area contributed by atoms with Crippen LogP contribution < -0.4 is 5.32 Å². The van der Waals surface area contributed by atoms with E-state index in [1.165, 1.54) is 28.5 Å². The van der Waals surface area contributed by atoms with E-state index in [0.29, 0.717) is 23.8 Å². The van der Waals surface area contributed by atoms with Gasteiger partial charge in [-0.05, 0) is 23.3 Å². The van der Waals surface area contributed by atoms with Crippen molar-refractivity contribution in [2.75, 3.05) is 5.32 Å². The smallest absolute Gasteiger partial charge is 0.273 e. The number of carbonyl (C=O) groups excluding carboxylic acids is 2. The lowest BCUT2D eigenvalue weighted by molar-refractivity contribution is -0.132. The Morgan fingerprint density at radius 1 is 1.10 bits per heavy atom. The minimum atomic E-state index is -0.368. The molecule has 2 aromatic carbocycles. The fourth-order valence-corrected chi connectivity index (χ4v) is 3.95. The first-order valence-electron chi connectivity index (χ1n) is 9.49. The minimum Gasteiger partial charge on any atom is -0.297 e. The first-order chi connectivity index (χ1) is 14.6. The maximum absolute atomic E-state index is 13.3. The van der Waals surface area contributed by atoms with Gasteiger partial charge in [-0.25, -0.2) is 14.4 Å². The Morgan fingerprint density at radius 2 is 1.90 bits per heavy atom. The van der Waals surface area contributed by atoms with E-state index in [1.54, 1.807) is 12.3 Å². The molecule has 0 bridgehead atoms. The Bertz CT molecular complexity index is 1100. The van der Waals surface area contributed by atoms with Gasteiger partial charge in [0.2, 0.25) is 5.91 Å². The number of hydrogen-bond donors (Lipinski definition) is 1. The SMILES string of the molecule is O=C(Nc1ncc(Cc2cccc(F)c2)s1)C1=NN(Cc2ccccc2)C(=O)CC1. The summed E-state index contributed by atoms with van der Waals surface area (Å²) in [5.74, 6) is -0.760. The monoisotopic (exact) mass is 422 g/mol. The molecular formula is C22H19FN4O2S. The van der Waals surface area contributed by atoms with E-state index in [0.717, 1.165) is 16.0 Å². The standard InChI is InChI=1S/C22H19FN4O2S/c23-17-8-4-7-16(11-17)12-18-13-24-22(30-18)25-21(29)19-9-10-20(28)27(26-19)14-15-5-2-1-3-6-15/h1-8,11,13H,9-10,12,14H2,(H,24,25,29). The van der Waals surface area contributed by atoms with Gasteiger partial charge in [0.25, 0.3) is 5.91 Å². The number of anilines is 1. The summed E-state index contributed by atoms with van der Waals surface area (Å²) in [6, 6.07) is 15.9. The summed E-state index contributed by atoms with van der Waals surface area (Å²) < 4.78 is 13.3. The Hall–Kier alpha value is -3.39. The number of amides is 2. The van der Waals surface area contributed by atoms with Crippen molar-refractivity contribution in [3.05, 3.63) is 82.6 Å². The fraction of sp³-hybridized carbons (Fsp3) is 0.182. The number of aromatic nitrogens is 1. The molecule has 8 heteroatoms. The van der Waals surface area contributed by atoms with E-state index in [1.807, 2.05) is 36.4 Å². The van der Waals surface area contributed by atoms with Crippen molar-refractivity contribution in [3.8, 4) is 0 Å². The number of nitrogens with zero attached hydrogens (tertiary/aromatic N) is 3. The third-order valence-electron chi connectivity index (χ3n) is 4.58. The lowest BCUT2D eigenvalue weighted by Crippen LogP contribution is -2.35. The van der Waals surface area contributed by atoms with Crippen molar-refractivity contribution in [1.82, 2.24) is 9.99 Å². The van der Waals surface area contributed by atoms with Gasteiger partial charge in [0.05, 0.1) is 6.54 Å².